The van der Waals surface area contributed by atoms with Gasteiger partial charge in [-0.2, -0.15) is 0 Å². The molecular formula is C19H22O5. The molecule has 2 aromatic carbocycles. The van der Waals surface area contributed by atoms with Crippen molar-refractivity contribution in [2.75, 3.05) is 26.4 Å². The Morgan fingerprint density at radius 3 is 1.50 bits per heavy atom. The van der Waals surface area contributed by atoms with Gasteiger partial charge in [0.2, 0.25) is 0 Å². The number of hydrogen-bond acceptors (Lipinski definition) is 5. The van der Waals surface area contributed by atoms with Gasteiger partial charge in [0.15, 0.2) is 23.0 Å². The van der Waals surface area contributed by atoms with Crippen LogP contribution in [0.3, 0.4) is 0 Å². The summed E-state index contributed by atoms with van der Waals surface area (Å²) in [4.78, 5) is 0. The van der Waals surface area contributed by atoms with Crippen LogP contribution < -0.4 is 18.9 Å². The lowest BCUT2D eigenvalue weighted by Gasteiger charge is -2.25. The average Bonchev–Trinajstić information content (AvgIpc) is 2.59. The molecule has 1 aliphatic rings. The summed E-state index contributed by atoms with van der Waals surface area (Å²) in [6.07, 6.45) is 0.736. The molecule has 0 aromatic heterocycles. The lowest BCUT2D eigenvalue weighted by Crippen LogP contribution is -2.39. The van der Waals surface area contributed by atoms with Crippen LogP contribution in [0.2, 0.25) is 0 Å². The summed E-state index contributed by atoms with van der Waals surface area (Å²) in [5.74, 6) is 2.53. The predicted octanol–water partition coefficient (Wildman–Crippen LogP) is 3.06. The number of hydrogen-bond donors (Lipinski definition) is 1. The van der Waals surface area contributed by atoms with Crippen molar-refractivity contribution in [3.8, 4) is 23.0 Å². The SMILES string of the molecule is CC1(O)COc2ccccc2OCCCOc2ccccc2OC1. The molecule has 128 valence electrons. The monoisotopic (exact) mass is 330 g/mol. The largest absolute Gasteiger partial charge is 0.490 e. The molecule has 1 N–H and O–H groups in total. The topological polar surface area (TPSA) is 57.2 Å². The van der Waals surface area contributed by atoms with Gasteiger partial charge in [-0.3, -0.25) is 0 Å². The zero-order valence-corrected chi connectivity index (χ0v) is 13.7. The fourth-order valence-electron chi connectivity index (χ4n) is 2.31. The Morgan fingerprint density at radius 2 is 1.08 bits per heavy atom. The third-order valence-corrected chi connectivity index (χ3v) is 3.58. The maximum atomic E-state index is 10.5. The molecule has 0 aliphatic carbocycles. The third-order valence-electron chi connectivity index (χ3n) is 3.58. The van der Waals surface area contributed by atoms with Gasteiger partial charge in [0.05, 0.1) is 13.2 Å². The normalized spacial score (nSPS) is 17.6. The van der Waals surface area contributed by atoms with Crippen LogP contribution >= 0.6 is 0 Å². The van der Waals surface area contributed by atoms with Gasteiger partial charge in [0.25, 0.3) is 0 Å². The van der Waals surface area contributed by atoms with Crippen molar-refractivity contribution < 1.29 is 24.1 Å². The summed E-state index contributed by atoms with van der Waals surface area (Å²) >= 11 is 0. The fourth-order valence-corrected chi connectivity index (χ4v) is 2.31. The number of benzene rings is 2. The Morgan fingerprint density at radius 1 is 0.708 bits per heavy atom. The Kier molecular flexibility index (Phi) is 5.11. The molecule has 1 aliphatic heterocycles. The van der Waals surface area contributed by atoms with E-state index >= 15 is 0 Å². The lowest BCUT2D eigenvalue weighted by molar-refractivity contribution is -0.0261. The molecule has 5 heteroatoms. The van der Waals surface area contributed by atoms with Crippen molar-refractivity contribution in [2.45, 2.75) is 18.9 Å². The van der Waals surface area contributed by atoms with Gasteiger partial charge >= 0.3 is 0 Å². The van der Waals surface area contributed by atoms with Crippen molar-refractivity contribution in [1.82, 2.24) is 0 Å². The molecule has 2 aromatic rings. The van der Waals surface area contributed by atoms with Crippen LogP contribution in [0.25, 0.3) is 0 Å². The first-order valence-electron chi connectivity index (χ1n) is 8.06. The minimum Gasteiger partial charge on any atom is -0.490 e. The van der Waals surface area contributed by atoms with E-state index in [9.17, 15) is 5.11 Å². The smallest absolute Gasteiger partial charge is 0.161 e. The number of ether oxygens (including phenoxy) is 4. The predicted molar refractivity (Wildman–Crippen MR) is 90.1 cm³/mol. The molecule has 0 unspecified atom stereocenters. The van der Waals surface area contributed by atoms with E-state index < -0.39 is 5.60 Å². The van der Waals surface area contributed by atoms with E-state index in [2.05, 4.69) is 0 Å². The maximum absolute atomic E-state index is 10.5. The third kappa shape index (κ3) is 4.32. The quantitative estimate of drug-likeness (QED) is 0.804. The van der Waals surface area contributed by atoms with Crippen LogP contribution in [0, 0.1) is 0 Å². The molecule has 24 heavy (non-hydrogen) atoms. The Labute approximate surface area is 141 Å². The molecule has 5 nitrogen and oxygen atoms in total. The lowest BCUT2D eigenvalue weighted by atomic mass is 10.1. The van der Waals surface area contributed by atoms with E-state index in [1.807, 2.05) is 48.5 Å². The minimum absolute atomic E-state index is 0.0936. The zero-order chi connectivity index (χ0) is 16.8. The maximum Gasteiger partial charge on any atom is 0.161 e. The minimum atomic E-state index is -1.15. The highest BCUT2D eigenvalue weighted by molar-refractivity contribution is 5.40. The number of rotatable bonds is 0. The van der Waals surface area contributed by atoms with Gasteiger partial charge < -0.3 is 24.1 Å². The highest BCUT2D eigenvalue weighted by atomic mass is 16.5. The standard InChI is InChI=1S/C19H22O5/c1-19(20)13-23-17-9-4-2-7-15(17)21-11-6-12-22-16-8-3-5-10-18(16)24-14-19/h2-5,7-10,20H,6,11-14H2,1H3. The second-order valence-electron chi connectivity index (χ2n) is 6.02. The van der Waals surface area contributed by atoms with Gasteiger partial charge in [-0.05, 0) is 31.2 Å². The highest BCUT2D eigenvalue weighted by Gasteiger charge is 2.24. The number of fused-ring (bicyclic) bond motifs is 2. The van der Waals surface area contributed by atoms with Gasteiger partial charge in [-0.1, -0.05) is 24.3 Å². The molecule has 0 spiro atoms. The molecule has 3 rings (SSSR count). The van der Waals surface area contributed by atoms with E-state index in [0.717, 1.165) is 6.42 Å². The number of aliphatic hydroxyl groups is 1. The van der Waals surface area contributed by atoms with Crippen molar-refractivity contribution in [2.24, 2.45) is 0 Å². The highest BCUT2D eigenvalue weighted by Crippen LogP contribution is 2.30. The van der Waals surface area contributed by atoms with Crippen LogP contribution in [0.15, 0.2) is 48.5 Å². The van der Waals surface area contributed by atoms with Crippen LogP contribution in [0.5, 0.6) is 23.0 Å². The summed E-state index contributed by atoms with van der Waals surface area (Å²) in [7, 11) is 0. The van der Waals surface area contributed by atoms with Gasteiger partial charge in [0.1, 0.15) is 18.8 Å². The van der Waals surface area contributed by atoms with Crippen LogP contribution in [-0.2, 0) is 0 Å². The van der Waals surface area contributed by atoms with Crippen molar-refractivity contribution >= 4 is 0 Å². The molecule has 0 radical (unpaired) electrons. The summed E-state index contributed by atoms with van der Waals surface area (Å²) in [5, 5.41) is 10.5. The molecule has 0 atom stereocenters. The van der Waals surface area contributed by atoms with E-state index in [4.69, 9.17) is 18.9 Å². The molecule has 1 heterocycles. The van der Waals surface area contributed by atoms with E-state index in [0.29, 0.717) is 36.2 Å². The Balaban J connectivity index is 1.78. The van der Waals surface area contributed by atoms with Crippen LogP contribution in [-0.4, -0.2) is 37.1 Å². The summed E-state index contributed by atoms with van der Waals surface area (Å²) in [6.45, 7) is 2.89. The van der Waals surface area contributed by atoms with E-state index in [1.165, 1.54) is 0 Å². The molecule has 0 saturated carbocycles. The van der Waals surface area contributed by atoms with Gasteiger partial charge in [0, 0.05) is 6.42 Å². The Hall–Kier alpha value is -2.40. The first-order chi connectivity index (χ1) is 11.6. The van der Waals surface area contributed by atoms with E-state index in [-0.39, 0.29) is 13.2 Å². The summed E-state index contributed by atoms with van der Waals surface area (Å²) in [5.41, 5.74) is -1.15. The zero-order valence-electron chi connectivity index (χ0n) is 13.7. The summed E-state index contributed by atoms with van der Waals surface area (Å²) in [6, 6.07) is 14.9. The first kappa shape index (κ1) is 16.5. The second-order valence-corrected chi connectivity index (χ2v) is 6.02. The first-order valence-corrected chi connectivity index (χ1v) is 8.06. The van der Waals surface area contributed by atoms with Crippen molar-refractivity contribution in [1.29, 1.82) is 0 Å². The molecular weight excluding hydrogens is 308 g/mol. The van der Waals surface area contributed by atoms with Crippen molar-refractivity contribution in [3.05, 3.63) is 48.5 Å². The fraction of sp³-hybridized carbons (Fsp3) is 0.368. The second kappa shape index (κ2) is 7.45. The summed E-state index contributed by atoms with van der Waals surface area (Å²) < 4.78 is 23.0. The van der Waals surface area contributed by atoms with Gasteiger partial charge in [-0.25, -0.2) is 0 Å². The molecule has 0 saturated heterocycles. The molecule has 0 fully saturated rings. The van der Waals surface area contributed by atoms with E-state index in [1.54, 1.807) is 6.92 Å². The Bertz CT molecular complexity index is 613. The van der Waals surface area contributed by atoms with Gasteiger partial charge in [-0.15, -0.1) is 0 Å². The average molecular weight is 330 g/mol. The van der Waals surface area contributed by atoms with Crippen LogP contribution in [0.1, 0.15) is 13.3 Å². The molecule has 0 bridgehead atoms. The van der Waals surface area contributed by atoms with Crippen molar-refractivity contribution in [3.63, 3.8) is 0 Å². The molecule has 0 amide bonds. The van der Waals surface area contributed by atoms with Crippen LogP contribution in [0.4, 0.5) is 0 Å². The number of para-hydroxylation sites is 4.